The van der Waals surface area contributed by atoms with E-state index in [0.29, 0.717) is 6.42 Å². The smallest absolute Gasteiger partial charge is 0.225 e. The Bertz CT molecular complexity index is 502. The molecule has 1 heterocycles. The Kier molecular flexibility index (Phi) is 2.92. The second kappa shape index (κ2) is 4.37. The first-order chi connectivity index (χ1) is 7.66. The molecule has 0 radical (unpaired) electrons. The minimum Gasteiger partial charge on any atom is -0.359 e. The van der Waals surface area contributed by atoms with Crippen molar-refractivity contribution < 1.29 is 4.79 Å². The number of nitrogens with one attached hydrogen (secondary N) is 2. The van der Waals surface area contributed by atoms with Gasteiger partial charge in [0.25, 0.3) is 0 Å². The normalized spacial score (nSPS) is 12.6. The average molecular weight is 217 g/mol. The second-order valence-electron chi connectivity index (χ2n) is 3.98. The Labute approximate surface area is 93.8 Å². The molecular weight excluding hydrogens is 202 g/mol. The second-order valence-corrected chi connectivity index (χ2v) is 3.98. The molecule has 0 spiro atoms. The molecule has 4 heteroatoms. The van der Waals surface area contributed by atoms with Gasteiger partial charge >= 0.3 is 0 Å². The van der Waals surface area contributed by atoms with Crippen LogP contribution in [0.15, 0.2) is 30.5 Å². The van der Waals surface area contributed by atoms with Crippen molar-refractivity contribution in [2.24, 2.45) is 5.73 Å². The van der Waals surface area contributed by atoms with Gasteiger partial charge in [-0.15, -0.1) is 0 Å². The van der Waals surface area contributed by atoms with Crippen LogP contribution in [0, 0.1) is 0 Å². The van der Waals surface area contributed by atoms with Gasteiger partial charge in [-0.25, -0.2) is 0 Å². The van der Waals surface area contributed by atoms with Gasteiger partial charge in [-0.1, -0.05) is 18.2 Å². The minimum absolute atomic E-state index is 0.0558. The highest BCUT2D eigenvalue weighted by atomic mass is 16.1. The van der Waals surface area contributed by atoms with Crippen molar-refractivity contribution in [2.45, 2.75) is 19.4 Å². The highest BCUT2D eigenvalue weighted by Crippen LogP contribution is 2.22. The maximum Gasteiger partial charge on any atom is 0.225 e. The van der Waals surface area contributed by atoms with Crippen molar-refractivity contribution in [3.05, 3.63) is 30.5 Å². The maximum atomic E-state index is 11.6. The van der Waals surface area contributed by atoms with E-state index in [0.717, 1.165) is 16.6 Å². The van der Waals surface area contributed by atoms with Gasteiger partial charge in [0.15, 0.2) is 0 Å². The summed E-state index contributed by atoms with van der Waals surface area (Å²) >= 11 is 0. The SMILES string of the molecule is CC(N)CC(=O)Nc1c[nH]c2ccccc12. The standard InChI is InChI=1S/C12H15N3O/c1-8(13)6-12(16)15-11-7-14-10-5-3-2-4-9(10)11/h2-5,7-8,14H,6,13H2,1H3,(H,15,16). The molecule has 1 atom stereocenters. The zero-order valence-electron chi connectivity index (χ0n) is 9.16. The number of hydrogen-bond acceptors (Lipinski definition) is 2. The third kappa shape index (κ3) is 2.23. The monoisotopic (exact) mass is 217 g/mol. The quantitative estimate of drug-likeness (QED) is 0.734. The van der Waals surface area contributed by atoms with E-state index in [-0.39, 0.29) is 11.9 Å². The predicted octanol–water partition coefficient (Wildman–Crippen LogP) is 1.84. The zero-order valence-corrected chi connectivity index (χ0v) is 9.16. The first kappa shape index (κ1) is 10.7. The summed E-state index contributed by atoms with van der Waals surface area (Å²) in [5.41, 5.74) is 7.39. The van der Waals surface area contributed by atoms with Crippen LogP contribution < -0.4 is 11.1 Å². The number of hydrogen-bond donors (Lipinski definition) is 3. The van der Waals surface area contributed by atoms with E-state index in [1.54, 1.807) is 6.20 Å². The van der Waals surface area contributed by atoms with Gasteiger partial charge in [0, 0.05) is 29.6 Å². The van der Waals surface area contributed by atoms with E-state index in [1.165, 1.54) is 0 Å². The van der Waals surface area contributed by atoms with Gasteiger partial charge < -0.3 is 16.0 Å². The molecule has 0 saturated carbocycles. The fourth-order valence-electron chi connectivity index (χ4n) is 1.67. The number of carbonyl (C=O) groups excluding carboxylic acids is 1. The average Bonchev–Trinajstić information content (AvgIpc) is 2.61. The van der Waals surface area contributed by atoms with E-state index < -0.39 is 0 Å². The highest BCUT2D eigenvalue weighted by molar-refractivity contribution is 6.01. The lowest BCUT2D eigenvalue weighted by atomic mass is 10.2. The minimum atomic E-state index is -0.120. The molecule has 0 saturated heterocycles. The van der Waals surface area contributed by atoms with Crippen LogP contribution in [0.25, 0.3) is 10.9 Å². The Morgan fingerprint density at radius 2 is 2.25 bits per heavy atom. The van der Waals surface area contributed by atoms with E-state index in [1.807, 2.05) is 31.2 Å². The molecule has 0 fully saturated rings. The molecule has 4 N–H and O–H groups in total. The lowest BCUT2D eigenvalue weighted by Crippen LogP contribution is -2.23. The zero-order chi connectivity index (χ0) is 11.5. The van der Waals surface area contributed by atoms with Gasteiger partial charge in [0.1, 0.15) is 0 Å². The summed E-state index contributed by atoms with van der Waals surface area (Å²) in [6, 6.07) is 7.71. The Balaban J connectivity index is 2.18. The summed E-state index contributed by atoms with van der Waals surface area (Å²) in [5.74, 6) is -0.0558. The van der Waals surface area contributed by atoms with Crippen molar-refractivity contribution in [2.75, 3.05) is 5.32 Å². The van der Waals surface area contributed by atoms with E-state index >= 15 is 0 Å². The fourth-order valence-corrected chi connectivity index (χ4v) is 1.67. The van der Waals surface area contributed by atoms with Crippen LogP contribution in [-0.2, 0) is 4.79 Å². The fraction of sp³-hybridized carbons (Fsp3) is 0.250. The third-order valence-corrected chi connectivity index (χ3v) is 2.37. The molecule has 84 valence electrons. The molecule has 0 aliphatic heterocycles. The number of aromatic nitrogens is 1. The maximum absolute atomic E-state index is 11.6. The molecule has 1 aromatic carbocycles. The molecule has 0 aliphatic carbocycles. The van der Waals surface area contributed by atoms with Crippen molar-refractivity contribution >= 4 is 22.5 Å². The van der Waals surface area contributed by atoms with Crippen molar-refractivity contribution in [1.82, 2.24) is 4.98 Å². The summed E-state index contributed by atoms with van der Waals surface area (Å²) in [5, 5.41) is 3.86. The number of fused-ring (bicyclic) bond motifs is 1. The van der Waals surface area contributed by atoms with Gasteiger partial charge in [0.2, 0.25) is 5.91 Å². The predicted molar refractivity (Wildman–Crippen MR) is 65.2 cm³/mol. The third-order valence-electron chi connectivity index (χ3n) is 2.37. The number of nitrogens with two attached hydrogens (primary N) is 1. The first-order valence-electron chi connectivity index (χ1n) is 5.28. The number of aromatic amines is 1. The Morgan fingerprint density at radius 1 is 1.50 bits per heavy atom. The van der Waals surface area contributed by atoms with Crippen LogP contribution in [0.1, 0.15) is 13.3 Å². The van der Waals surface area contributed by atoms with Crippen LogP contribution in [0.3, 0.4) is 0 Å². The molecule has 1 unspecified atom stereocenters. The topological polar surface area (TPSA) is 70.9 Å². The van der Waals surface area contributed by atoms with Crippen LogP contribution >= 0.6 is 0 Å². The van der Waals surface area contributed by atoms with Crippen molar-refractivity contribution in [3.63, 3.8) is 0 Å². The summed E-state index contributed by atoms with van der Waals surface area (Å²) in [6.45, 7) is 1.81. The molecule has 4 nitrogen and oxygen atoms in total. The number of amides is 1. The molecule has 16 heavy (non-hydrogen) atoms. The molecule has 2 aromatic rings. The first-order valence-corrected chi connectivity index (χ1v) is 5.28. The molecule has 2 rings (SSSR count). The van der Waals surface area contributed by atoms with Gasteiger partial charge in [-0.05, 0) is 13.0 Å². The lowest BCUT2D eigenvalue weighted by Gasteiger charge is -2.05. The van der Waals surface area contributed by atoms with E-state index in [4.69, 9.17) is 5.73 Å². The highest BCUT2D eigenvalue weighted by Gasteiger charge is 2.08. The Hall–Kier alpha value is -1.81. The van der Waals surface area contributed by atoms with Crippen LogP contribution in [0.5, 0.6) is 0 Å². The number of carbonyl (C=O) groups is 1. The van der Waals surface area contributed by atoms with Gasteiger partial charge in [0.05, 0.1) is 5.69 Å². The lowest BCUT2D eigenvalue weighted by molar-refractivity contribution is -0.116. The number of rotatable bonds is 3. The van der Waals surface area contributed by atoms with Crippen LogP contribution in [0.4, 0.5) is 5.69 Å². The summed E-state index contributed by atoms with van der Waals surface area (Å²) < 4.78 is 0. The number of H-pyrrole nitrogens is 1. The van der Waals surface area contributed by atoms with Crippen molar-refractivity contribution in [1.29, 1.82) is 0 Å². The van der Waals surface area contributed by atoms with Gasteiger partial charge in [-0.3, -0.25) is 4.79 Å². The number of benzene rings is 1. The summed E-state index contributed by atoms with van der Waals surface area (Å²) in [4.78, 5) is 14.7. The molecular formula is C12H15N3O. The summed E-state index contributed by atoms with van der Waals surface area (Å²) in [6.07, 6.45) is 2.13. The van der Waals surface area contributed by atoms with Crippen LogP contribution in [-0.4, -0.2) is 16.9 Å². The molecule has 1 aromatic heterocycles. The number of anilines is 1. The Morgan fingerprint density at radius 3 is 3.00 bits per heavy atom. The van der Waals surface area contributed by atoms with Crippen molar-refractivity contribution in [3.8, 4) is 0 Å². The number of para-hydroxylation sites is 1. The molecule has 1 amide bonds. The van der Waals surface area contributed by atoms with Gasteiger partial charge in [-0.2, -0.15) is 0 Å². The molecule has 0 bridgehead atoms. The molecule has 0 aliphatic rings. The van der Waals surface area contributed by atoms with E-state index in [2.05, 4.69) is 10.3 Å². The summed E-state index contributed by atoms with van der Waals surface area (Å²) in [7, 11) is 0. The largest absolute Gasteiger partial charge is 0.359 e. The van der Waals surface area contributed by atoms with Crippen LogP contribution in [0.2, 0.25) is 0 Å². The van der Waals surface area contributed by atoms with E-state index in [9.17, 15) is 4.79 Å².